The summed E-state index contributed by atoms with van der Waals surface area (Å²) in [7, 11) is 5.14. The molecule has 2 unspecified atom stereocenters. The lowest BCUT2D eigenvalue weighted by Crippen LogP contribution is -2.36. The van der Waals surface area contributed by atoms with Crippen LogP contribution in [-0.4, -0.2) is 53.9 Å². The first kappa shape index (κ1) is 12.3. The first-order valence-electron chi connectivity index (χ1n) is 4.20. The molecule has 1 fully saturated rings. The molecule has 0 amide bonds. The Morgan fingerprint density at radius 2 is 2.43 bits per heavy atom. The van der Waals surface area contributed by atoms with Crippen molar-refractivity contribution < 1.29 is 14.0 Å². The Morgan fingerprint density at radius 1 is 1.79 bits per heavy atom. The fraction of sp³-hybridized carbons (Fsp3) is 1.00. The maximum atomic E-state index is 11.7. The maximum absolute atomic E-state index is 11.7. The molecule has 7 heteroatoms. The number of ether oxygens (including phenoxy) is 2. The van der Waals surface area contributed by atoms with Crippen molar-refractivity contribution in [2.24, 2.45) is 0 Å². The second-order valence-electron chi connectivity index (χ2n) is 3.14. The quantitative estimate of drug-likeness (QED) is 0.486. The Hall–Kier alpha value is 0.240. The summed E-state index contributed by atoms with van der Waals surface area (Å²) in [6.45, 7) is 2.31. The molecule has 0 aromatic heterocycles. The van der Waals surface area contributed by atoms with Crippen LogP contribution < -0.4 is 5.09 Å². The lowest BCUT2D eigenvalue weighted by molar-refractivity contribution is 0.0184. The van der Waals surface area contributed by atoms with Crippen LogP contribution in [0.1, 0.15) is 6.42 Å². The largest absolute Gasteiger partial charge is 0.382 e. The third-order valence-electron chi connectivity index (χ3n) is 1.96. The minimum Gasteiger partial charge on any atom is -0.382 e. The van der Waals surface area contributed by atoms with Crippen LogP contribution in [-0.2, 0) is 14.0 Å². The third kappa shape index (κ3) is 3.77. The van der Waals surface area contributed by atoms with Gasteiger partial charge in [-0.25, -0.2) is 0 Å². The van der Waals surface area contributed by atoms with E-state index in [1.165, 1.54) is 0 Å². The van der Waals surface area contributed by atoms with E-state index in [1.807, 2.05) is 0 Å². The predicted molar refractivity (Wildman–Crippen MR) is 61.3 cm³/mol. The van der Waals surface area contributed by atoms with E-state index < -0.39 is 7.17 Å². The van der Waals surface area contributed by atoms with Crippen molar-refractivity contribution in [2.75, 3.05) is 20.4 Å². The van der Waals surface area contributed by atoms with Gasteiger partial charge in [0.2, 0.25) is 0 Å². The van der Waals surface area contributed by atoms with Crippen LogP contribution in [0.5, 0.6) is 0 Å². The molecular weight excluding hydrogens is 199 g/mol. The number of hydrogen-bond donors (Lipinski definition) is 1. The van der Waals surface area contributed by atoms with Crippen LogP contribution in [0.3, 0.4) is 0 Å². The van der Waals surface area contributed by atoms with E-state index >= 15 is 0 Å². The molecule has 0 bridgehead atoms. The monoisotopic (exact) mass is 216 g/mol. The summed E-state index contributed by atoms with van der Waals surface area (Å²) in [5.74, 6) is 0. The summed E-state index contributed by atoms with van der Waals surface area (Å²) in [4.78, 5) is 0. The van der Waals surface area contributed by atoms with Gasteiger partial charge in [0.15, 0.2) is 0 Å². The van der Waals surface area contributed by atoms with Crippen molar-refractivity contribution >= 4 is 22.6 Å². The van der Waals surface area contributed by atoms with Gasteiger partial charge >= 0.3 is 0 Å². The highest BCUT2D eigenvalue weighted by atomic mass is 31.2. The zero-order chi connectivity index (χ0) is 10.8. The van der Waals surface area contributed by atoms with Crippen LogP contribution in [0, 0.1) is 0 Å². The van der Waals surface area contributed by atoms with Gasteiger partial charge in [-0.3, -0.25) is 5.09 Å². The van der Waals surface area contributed by atoms with Gasteiger partial charge in [-0.15, -0.1) is 0 Å². The minimum atomic E-state index is -1.99. The van der Waals surface area contributed by atoms with Crippen molar-refractivity contribution in [1.82, 2.24) is 5.09 Å². The molecule has 80 valence electrons. The van der Waals surface area contributed by atoms with E-state index in [4.69, 9.17) is 17.3 Å². The van der Waals surface area contributed by atoms with Crippen LogP contribution >= 0.6 is 7.17 Å². The SMILES string of the molecule is [B][C@H]1CC(NP([BH3-])(C)=O)[C@@H](COC)O1. The Bertz CT molecular complexity index is 235. The van der Waals surface area contributed by atoms with Gasteiger partial charge in [0.05, 0.1) is 12.7 Å². The number of nitrogens with one attached hydrogen (secondary N) is 1. The minimum absolute atomic E-state index is 0.0542. The molecule has 4 atom stereocenters. The summed E-state index contributed by atoms with van der Waals surface area (Å²) in [5.41, 5.74) is 0. The summed E-state index contributed by atoms with van der Waals surface area (Å²) in [6, 6.07) is -0.155. The first-order chi connectivity index (χ1) is 6.42. The first-order valence-corrected chi connectivity index (χ1v) is 5.91. The lowest BCUT2D eigenvalue weighted by atomic mass is 9.95. The van der Waals surface area contributed by atoms with E-state index in [-0.39, 0.29) is 25.7 Å². The van der Waals surface area contributed by atoms with Crippen molar-refractivity contribution in [3.63, 3.8) is 0 Å². The Morgan fingerprint density at radius 3 is 2.93 bits per heavy atom. The molecule has 0 aromatic carbocycles. The molecule has 1 heterocycles. The summed E-state index contributed by atoms with van der Waals surface area (Å²) < 4.78 is 22.2. The maximum Gasteiger partial charge on any atom is 0.109 e. The second-order valence-corrected chi connectivity index (χ2v) is 4.39. The summed E-state index contributed by atoms with van der Waals surface area (Å²) >= 11 is 0. The topological polar surface area (TPSA) is 47.6 Å². The molecule has 1 N–H and O–H groups in total. The third-order valence-corrected chi connectivity index (χ3v) is 2.66. The fourth-order valence-electron chi connectivity index (χ4n) is 1.47. The van der Waals surface area contributed by atoms with Crippen molar-refractivity contribution in [3.8, 4) is 0 Å². The lowest BCUT2D eigenvalue weighted by Gasteiger charge is -2.24. The van der Waals surface area contributed by atoms with Gasteiger partial charge in [0.25, 0.3) is 0 Å². The molecule has 1 saturated heterocycles. The highest BCUT2D eigenvalue weighted by molar-refractivity contribution is 7.85. The Kier molecular flexibility index (Phi) is 4.26. The van der Waals surface area contributed by atoms with Gasteiger partial charge in [-0.05, 0) is 20.3 Å². The van der Waals surface area contributed by atoms with E-state index in [9.17, 15) is 4.57 Å². The van der Waals surface area contributed by atoms with Gasteiger partial charge in [-0.1, -0.05) is 0 Å². The number of rotatable bonds is 4. The van der Waals surface area contributed by atoms with Crippen LogP contribution in [0.25, 0.3) is 0 Å². The van der Waals surface area contributed by atoms with Crippen LogP contribution in [0.4, 0.5) is 0 Å². The fourth-order valence-corrected chi connectivity index (χ4v) is 2.20. The molecule has 0 spiro atoms. The molecule has 1 rings (SSSR count). The van der Waals surface area contributed by atoms with Crippen molar-refractivity contribution in [3.05, 3.63) is 0 Å². The molecule has 14 heavy (non-hydrogen) atoms. The number of hydrogen-bond acceptors (Lipinski definition) is 3. The Balaban J connectivity index is 2.53. The van der Waals surface area contributed by atoms with Crippen molar-refractivity contribution in [2.45, 2.75) is 24.6 Å². The molecule has 4 nitrogen and oxygen atoms in total. The summed E-state index contributed by atoms with van der Waals surface area (Å²) in [5, 5.41) is 3.17. The highest BCUT2D eigenvalue weighted by Gasteiger charge is 2.33. The molecule has 1 aliphatic rings. The molecule has 0 saturated carbocycles. The molecule has 0 aromatic rings. The highest BCUT2D eigenvalue weighted by Crippen LogP contribution is 2.33. The summed E-state index contributed by atoms with van der Waals surface area (Å²) in [6.07, 6.45) is 0.666. The van der Waals surface area contributed by atoms with E-state index in [0.717, 1.165) is 6.42 Å². The molecule has 0 aliphatic carbocycles. The zero-order valence-electron chi connectivity index (χ0n) is 7.90. The van der Waals surface area contributed by atoms with Gasteiger partial charge in [0, 0.05) is 26.7 Å². The van der Waals surface area contributed by atoms with E-state index in [0.29, 0.717) is 6.61 Å². The average molecular weight is 216 g/mol. The normalized spacial score (nSPS) is 36.9. The van der Waals surface area contributed by atoms with Crippen LogP contribution in [0.15, 0.2) is 0 Å². The smallest absolute Gasteiger partial charge is 0.109 e. The van der Waals surface area contributed by atoms with E-state index in [2.05, 4.69) is 5.09 Å². The molecular formula is C7H17B2NO3P-. The van der Waals surface area contributed by atoms with Crippen molar-refractivity contribution in [1.29, 1.82) is 0 Å². The average Bonchev–Trinajstić information content (AvgIpc) is 2.28. The van der Waals surface area contributed by atoms with Gasteiger partial charge in [0.1, 0.15) is 7.85 Å². The predicted octanol–water partition coefficient (Wildman–Crippen LogP) is -0.937. The molecule has 2 radical (unpaired) electrons. The standard InChI is InChI=1S/C7H17B2NO3P/c1-12-4-6-5(3-7(8)13-6)10-14(2,9)11/h5-7H,3-4H2,1-2,9H3,(H,10,11)/q-1/t5?,6-,7-,14?/m1/s1. The van der Waals surface area contributed by atoms with E-state index in [1.54, 1.807) is 13.8 Å². The van der Waals surface area contributed by atoms with Gasteiger partial charge in [-0.2, -0.15) is 0 Å². The van der Waals surface area contributed by atoms with Gasteiger partial charge < -0.3 is 14.0 Å². The zero-order valence-corrected chi connectivity index (χ0v) is 8.79. The number of methoxy groups -OCH3 is 1. The van der Waals surface area contributed by atoms with Crippen LogP contribution in [0.2, 0.25) is 0 Å². The Labute approximate surface area is 87.3 Å². The molecule has 1 aliphatic heterocycles. The second kappa shape index (κ2) is 4.84.